The van der Waals surface area contributed by atoms with Crippen LogP contribution in [0.15, 0.2) is 36.5 Å². The lowest BCUT2D eigenvalue weighted by Gasteiger charge is -2.10. The Morgan fingerprint density at radius 2 is 2.00 bits per heavy atom. The quantitative estimate of drug-likeness (QED) is 0.214. The maximum atomic E-state index is 12.9. The van der Waals surface area contributed by atoms with Crippen LogP contribution in [0.5, 0.6) is 0 Å². The summed E-state index contributed by atoms with van der Waals surface area (Å²) >= 11 is 12.1. The van der Waals surface area contributed by atoms with Crippen molar-refractivity contribution >= 4 is 55.6 Å². The van der Waals surface area contributed by atoms with E-state index in [-0.39, 0.29) is 38.5 Å². The Labute approximate surface area is 165 Å². The number of benzene rings is 1. The molecule has 8 nitrogen and oxygen atoms in total. The Hall–Kier alpha value is -2.54. The van der Waals surface area contributed by atoms with Crippen molar-refractivity contribution in [1.82, 2.24) is 14.5 Å². The third kappa shape index (κ3) is 3.78. The number of nitrogens with one attached hydrogen (secondary N) is 1. The largest absolute Gasteiger partial charge is 0.334 e. The summed E-state index contributed by atoms with van der Waals surface area (Å²) in [5.74, 6) is -0.431. The summed E-state index contributed by atoms with van der Waals surface area (Å²) in [5, 5.41) is 18.7. The van der Waals surface area contributed by atoms with Crippen LogP contribution in [-0.2, 0) is 0 Å². The van der Waals surface area contributed by atoms with Crippen molar-refractivity contribution in [1.29, 1.82) is 0 Å². The molecule has 0 aliphatic rings. The molecule has 3 rings (SSSR count). The van der Waals surface area contributed by atoms with Gasteiger partial charge in [0, 0.05) is 11.8 Å². The number of rotatable bonds is 5. The van der Waals surface area contributed by atoms with E-state index in [9.17, 15) is 14.9 Å². The van der Waals surface area contributed by atoms with Crippen LogP contribution in [0.25, 0.3) is 0 Å². The highest BCUT2D eigenvalue weighted by molar-refractivity contribution is 7.14. The molecule has 1 unspecified atom stereocenters. The molecule has 0 bridgehead atoms. The number of hydrogen-bond donors (Lipinski definition) is 1. The molecular weight excluding hydrogens is 412 g/mol. The van der Waals surface area contributed by atoms with E-state index in [0.29, 0.717) is 5.69 Å². The monoisotopic (exact) mass is 423 g/mol. The molecule has 0 aliphatic carbocycles. The lowest BCUT2D eigenvalue weighted by molar-refractivity contribution is -0.384. The molecule has 0 saturated heterocycles. The van der Waals surface area contributed by atoms with Crippen molar-refractivity contribution in [2.75, 3.05) is 5.32 Å². The number of nitro groups is 1. The van der Waals surface area contributed by atoms with Gasteiger partial charge < -0.3 is 5.32 Å². The van der Waals surface area contributed by atoms with Gasteiger partial charge in [-0.25, -0.2) is 9.44 Å². The van der Waals surface area contributed by atoms with Crippen LogP contribution in [-0.4, -0.2) is 25.2 Å². The van der Waals surface area contributed by atoms with Gasteiger partial charge in [-0.15, -0.1) is 5.10 Å². The van der Waals surface area contributed by atoms with Crippen LogP contribution in [0.2, 0.25) is 10.2 Å². The van der Waals surface area contributed by atoms with Crippen molar-refractivity contribution in [3.63, 3.8) is 0 Å². The number of carbonyl (C=O) groups excluding carboxylic acids is 1. The smallest absolute Gasteiger partial charge is 0.332 e. The molecule has 0 fully saturated rings. The predicted octanol–water partition coefficient (Wildman–Crippen LogP) is 4.41. The maximum absolute atomic E-state index is 12.9. The predicted molar refractivity (Wildman–Crippen MR) is 106 cm³/mol. The van der Waals surface area contributed by atoms with E-state index in [4.69, 9.17) is 23.2 Å². The van der Waals surface area contributed by atoms with E-state index >= 15 is 0 Å². The molecule has 3 aromatic rings. The van der Waals surface area contributed by atoms with E-state index in [1.165, 1.54) is 16.7 Å². The van der Waals surface area contributed by atoms with Crippen LogP contribution in [0.3, 0.4) is 0 Å². The highest BCUT2D eigenvalue weighted by atomic mass is 35.5. The molecule has 0 aliphatic heterocycles. The number of hydrogen-bond acceptors (Lipinski definition) is 6. The van der Waals surface area contributed by atoms with E-state index < -0.39 is 10.7 Å². The van der Waals surface area contributed by atoms with Gasteiger partial charge >= 0.3 is 5.69 Å². The molecule has 27 heavy (non-hydrogen) atoms. The third-order valence-electron chi connectivity index (χ3n) is 3.79. The number of aromatic nitrogens is 3. The molecule has 0 spiro atoms. The zero-order valence-electron chi connectivity index (χ0n) is 13.8. The summed E-state index contributed by atoms with van der Waals surface area (Å²) < 4.78 is 1.29. The Balaban J connectivity index is 2.09. The summed E-state index contributed by atoms with van der Waals surface area (Å²) in [6, 6.07) is 7.95. The SMILES string of the molecule is Cc1c([N+](=O)[O-])c(Nc2cc(Cl)ncc2C(=O)c2ccccc2Cl)nn1P. The molecule has 11 heteroatoms. The average Bonchev–Trinajstić information content (AvgIpc) is 2.89. The summed E-state index contributed by atoms with van der Waals surface area (Å²) in [6.07, 6.45) is 1.28. The minimum atomic E-state index is -0.552. The van der Waals surface area contributed by atoms with Crippen molar-refractivity contribution in [2.24, 2.45) is 0 Å². The second-order valence-corrected chi connectivity index (χ2v) is 6.75. The van der Waals surface area contributed by atoms with Crippen molar-refractivity contribution in [3.05, 3.63) is 73.6 Å². The molecule has 0 saturated carbocycles. The number of anilines is 2. The molecule has 1 aromatic carbocycles. The number of carbonyl (C=O) groups is 1. The number of ketones is 1. The lowest BCUT2D eigenvalue weighted by atomic mass is 10.0. The number of nitrogens with zero attached hydrogens (tertiary/aromatic N) is 4. The van der Waals surface area contributed by atoms with E-state index in [1.54, 1.807) is 31.2 Å². The van der Waals surface area contributed by atoms with Crippen LogP contribution in [0.1, 0.15) is 21.6 Å². The first-order chi connectivity index (χ1) is 12.8. The molecule has 2 aromatic heterocycles. The highest BCUT2D eigenvalue weighted by Crippen LogP contribution is 2.33. The molecule has 0 radical (unpaired) electrons. The van der Waals surface area contributed by atoms with E-state index in [0.717, 1.165) is 0 Å². The Bertz CT molecular complexity index is 1070. The first-order valence-electron chi connectivity index (χ1n) is 7.50. The van der Waals surface area contributed by atoms with Crippen molar-refractivity contribution in [3.8, 4) is 0 Å². The Morgan fingerprint density at radius 3 is 2.67 bits per heavy atom. The lowest BCUT2D eigenvalue weighted by Crippen LogP contribution is -2.08. The Kier molecular flexibility index (Phi) is 5.41. The minimum Gasteiger partial charge on any atom is -0.332 e. The van der Waals surface area contributed by atoms with Crippen molar-refractivity contribution in [2.45, 2.75) is 6.92 Å². The van der Waals surface area contributed by atoms with Crippen LogP contribution in [0.4, 0.5) is 17.2 Å². The van der Waals surface area contributed by atoms with E-state index in [2.05, 4.69) is 24.8 Å². The second-order valence-electron chi connectivity index (χ2n) is 5.47. The number of pyridine rings is 1. The molecule has 1 atom stereocenters. The van der Waals surface area contributed by atoms with Gasteiger partial charge in [0.1, 0.15) is 10.8 Å². The van der Waals surface area contributed by atoms with E-state index in [1.807, 2.05) is 0 Å². The molecular formula is C16H12Cl2N5O3P. The summed E-state index contributed by atoms with van der Waals surface area (Å²) in [4.78, 5) is 27.7. The molecule has 2 heterocycles. The summed E-state index contributed by atoms with van der Waals surface area (Å²) in [6.45, 7) is 1.55. The van der Waals surface area contributed by atoms with Gasteiger partial charge in [0.15, 0.2) is 5.78 Å². The van der Waals surface area contributed by atoms with Gasteiger partial charge in [-0.2, -0.15) is 0 Å². The summed E-state index contributed by atoms with van der Waals surface area (Å²) in [7, 11) is 2.26. The van der Waals surface area contributed by atoms with Crippen molar-refractivity contribution < 1.29 is 9.72 Å². The fourth-order valence-electron chi connectivity index (χ4n) is 2.44. The van der Waals surface area contributed by atoms with Gasteiger partial charge in [-0.3, -0.25) is 14.9 Å². The Morgan fingerprint density at radius 1 is 1.30 bits per heavy atom. The first kappa shape index (κ1) is 19.2. The van der Waals surface area contributed by atoms with Crippen LogP contribution < -0.4 is 5.32 Å². The van der Waals surface area contributed by atoms with Crippen LogP contribution >= 0.6 is 32.6 Å². The average molecular weight is 424 g/mol. The fourth-order valence-corrected chi connectivity index (χ4v) is 3.06. The second kappa shape index (κ2) is 7.60. The van der Waals surface area contributed by atoms with Gasteiger partial charge in [0.25, 0.3) is 0 Å². The third-order valence-corrected chi connectivity index (χ3v) is 4.83. The van der Waals surface area contributed by atoms with Crippen LogP contribution in [0, 0.1) is 17.0 Å². The highest BCUT2D eigenvalue weighted by Gasteiger charge is 2.26. The minimum absolute atomic E-state index is 0.0250. The molecule has 1 N–H and O–H groups in total. The first-order valence-corrected chi connectivity index (χ1v) is 8.77. The van der Waals surface area contributed by atoms with Gasteiger partial charge in [0.05, 0.1) is 21.2 Å². The normalized spacial score (nSPS) is 10.7. The van der Waals surface area contributed by atoms with Gasteiger partial charge in [-0.05, 0) is 34.5 Å². The fraction of sp³-hybridized carbons (Fsp3) is 0.0625. The summed E-state index contributed by atoms with van der Waals surface area (Å²) in [5.41, 5.74) is 0.762. The molecule has 138 valence electrons. The van der Waals surface area contributed by atoms with Gasteiger partial charge in [-0.1, -0.05) is 35.3 Å². The topological polar surface area (TPSA) is 103 Å². The zero-order chi connectivity index (χ0) is 19.7. The maximum Gasteiger partial charge on any atom is 0.334 e. The number of halogens is 2. The molecule has 0 amide bonds. The standard InChI is InChI=1S/C16H12Cl2N5O3P/c1-8-14(23(25)26)16(21-22(8)27)20-12-6-13(18)19-7-10(12)15(24)9-4-2-3-5-11(9)17/h2-7H,27H2,1H3,(H,19,20,21). The van der Waals surface area contributed by atoms with Gasteiger partial charge in [0.2, 0.25) is 5.82 Å². The zero-order valence-corrected chi connectivity index (χ0v) is 16.5.